The molecule has 0 radical (unpaired) electrons. The quantitative estimate of drug-likeness (QED) is 0.272. The highest BCUT2D eigenvalue weighted by Crippen LogP contribution is 2.25. The number of nitro groups is 2. The van der Waals surface area contributed by atoms with E-state index in [2.05, 4.69) is 0 Å². The van der Waals surface area contributed by atoms with E-state index >= 15 is 0 Å². The van der Waals surface area contributed by atoms with Crippen molar-refractivity contribution < 1.29 is 14.6 Å². The second-order valence-electron chi connectivity index (χ2n) is 5.26. The molecule has 0 aliphatic carbocycles. The third-order valence-electron chi connectivity index (χ3n) is 3.38. The molecule has 0 atom stereocenters. The number of ether oxygens (including phenoxy) is 1. The number of nitro benzene ring substituents is 2. The highest BCUT2D eigenvalue weighted by atomic mass is 35.5. The summed E-state index contributed by atoms with van der Waals surface area (Å²) >= 11 is 7.15. The van der Waals surface area contributed by atoms with E-state index in [-0.39, 0.29) is 11.4 Å². The summed E-state index contributed by atoms with van der Waals surface area (Å²) in [6.45, 7) is 0. The fourth-order valence-corrected chi connectivity index (χ4v) is 2.51. The standard InChI is InChI=1S/C13H11NO3S.C6H4ClNO2/c1-18-13-8-6-12(7-9-13)17-11-4-2-10(3-5-11)14(15)16;7-5-1-3-6(4-2-5)8(9)10/h2-9H,1H3;1-4H. The zero-order chi connectivity index (χ0) is 20.5. The number of nitrogens with zero attached hydrogens (tertiary/aromatic N) is 2. The van der Waals surface area contributed by atoms with Crippen LogP contribution in [0.4, 0.5) is 11.4 Å². The van der Waals surface area contributed by atoms with Crippen molar-refractivity contribution in [3.05, 3.63) is 98.0 Å². The predicted octanol–water partition coefficient (Wildman–Crippen LogP) is 6.36. The van der Waals surface area contributed by atoms with E-state index in [1.54, 1.807) is 23.9 Å². The molecule has 0 aliphatic heterocycles. The van der Waals surface area contributed by atoms with Crippen molar-refractivity contribution in [2.75, 3.05) is 6.26 Å². The van der Waals surface area contributed by atoms with Crippen molar-refractivity contribution in [2.45, 2.75) is 4.90 Å². The van der Waals surface area contributed by atoms with Gasteiger partial charge in [-0.2, -0.15) is 0 Å². The monoisotopic (exact) mass is 418 g/mol. The normalized spacial score (nSPS) is 9.79. The maximum atomic E-state index is 10.5. The molecule has 0 fully saturated rings. The van der Waals surface area contributed by atoms with Gasteiger partial charge in [0.15, 0.2) is 0 Å². The van der Waals surface area contributed by atoms with Crippen LogP contribution in [-0.4, -0.2) is 16.1 Å². The van der Waals surface area contributed by atoms with Crippen molar-refractivity contribution in [3.8, 4) is 11.5 Å². The lowest BCUT2D eigenvalue weighted by Crippen LogP contribution is -1.88. The summed E-state index contributed by atoms with van der Waals surface area (Å²) in [6.07, 6.45) is 2.01. The molecule has 7 nitrogen and oxygen atoms in total. The largest absolute Gasteiger partial charge is 0.457 e. The van der Waals surface area contributed by atoms with Crippen LogP contribution < -0.4 is 4.74 Å². The Morgan fingerprint density at radius 3 is 1.54 bits per heavy atom. The van der Waals surface area contributed by atoms with E-state index in [4.69, 9.17) is 16.3 Å². The maximum absolute atomic E-state index is 10.5. The van der Waals surface area contributed by atoms with Crippen LogP contribution in [0.3, 0.4) is 0 Å². The molecule has 0 spiro atoms. The van der Waals surface area contributed by atoms with Crippen molar-refractivity contribution in [3.63, 3.8) is 0 Å². The van der Waals surface area contributed by atoms with Crippen LogP contribution in [0.25, 0.3) is 0 Å². The molecular weight excluding hydrogens is 404 g/mol. The molecular formula is C19H15ClN2O5S. The van der Waals surface area contributed by atoms with Crippen LogP contribution in [0.1, 0.15) is 0 Å². The number of thioether (sulfide) groups is 1. The molecule has 0 aliphatic rings. The maximum Gasteiger partial charge on any atom is 0.269 e. The smallest absolute Gasteiger partial charge is 0.269 e. The van der Waals surface area contributed by atoms with Gasteiger partial charge in [-0.05, 0) is 54.8 Å². The second kappa shape index (κ2) is 10.3. The fourth-order valence-electron chi connectivity index (χ4n) is 1.98. The summed E-state index contributed by atoms with van der Waals surface area (Å²) in [5.41, 5.74) is 0.115. The minimum absolute atomic E-state index is 0.0556. The first-order chi connectivity index (χ1) is 13.4. The Kier molecular flexibility index (Phi) is 7.79. The van der Waals surface area contributed by atoms with Crippen molar-refractivity contribution >= 4 is 34.7 Å². The molecule has 0 aromatic heterocycles. The molecule has 0 saturated carbocycles. The van der Waals surface area contributed by atoms with Crippen LogP contribution in [0, 0.1) is 20.2 Å². The number of hydrogen-bond donors (Lipinski definition) is 0. The summed E-state index contributed by atoms with van der Waals surface area (Å²) < 4.78 is 5.58. The lowest BCUT2D eigenvalue weighted by atomic mass is 10.3. The first kappa shape index (κ1) is 21.2. The van der Waals surface area contributed by atoms with Crippen molar-refractivity contribution in [1.82, 2.24) is 0 Å². The molecule has 9 heteroatoms. The summed E-state index contributed by atoms with van der Waals surface area (Å²) in [5.74, 6) is 1.29. The Morgan fingerprint density at radius 1 is 0.750 bits per heavy atom. The summed E-state index contributed by atoms with van der Waals surface area (Å²) in [7, 11) is 0. The third-order valence-corrected chi connectivity index (χ3v) is 4.38. The number of non-ortho nitro benzene ring substituents is 2. The molecule has 0 saturated heterocycles. The van der Waals surface area contributed by atoms with E-state index in [1.807, 2.05) is 30.5 Å². The second-order valence-corrected chi connectivity index (χ2v) is 6.58. The van der Waals surface area contributed by atoms with Gasteiger partial charge in [-0.1, -0.05) is 11.6 Å². The van der Waals surface area contributed by atoms with Gasteiger partial charge >= 0.3 is 0 Å². The van der Waals surface area contributed by atoms with Crippen LogP contribution in [0.5, 0.6) is 11.5 Å². The lowest BCUT2D eigenvalue weighted by molar-refractivity contribution is -0.385. The molecule has 0 bridgehead atoms. The van der Waals surface area contributed by atoms with E-state index in [9.17, 15) is 20.2 Å². The molecule has 0 N–H and O–H groups in total. The van der Waals surface area contributed by atoms with Gasteiger partial charge in [0.05, 0.1) is 9.85 Å². The lowest BCUT2D eigenvalue weighted by Gasteiger charge is -2.05. The third kappa shape index (κ3) is 6.57. The van der Waals surface area contributed by atoms with Crippen LogP contribution in [0.2, 0.25) is 5.02 Å². The molecule has 0 amide bonds. The Labute approximate surface area is 170 Å². The molecule has 0 heterocycles. The van der Waals surface area contributed by atoms with Gasteiger partial charge in [-0.15, -0.1) is 11.8 Å². The molecule has 0 unspecified atom stereocenters. The van der Waals surface area contributed by atoms with Gasteiger partial charge in [0.25, 0.3) is 11.4 Å². The summed E-state index contributed by atoms with van der Waals surface area (Å²) in [5, 5.41) is 21.1. The van der Waals surface area contributed by atoms with Gasteiger partial charge in [0.1, 0.15) is 11.5 Å². The van der Waals surface area contributed by atoms with Crippen LogP contribution >= 0.6 is 23.4 Å². The summed E-state index contributed by atoms with van der Waals surface area (Å²) in [6, 6.07) is 19.4. The van der Waals surface area contributed by atoms with E-state index in [1.165, 1.54) is 36.4 Å². The zero-order valence-corrected chi connectivity index (χ0v) is 16.2. The number of hydrogen-bond acceptors (Lipinski definition) is 6. The number of rotatable bonds is 5. The Balaban J connectivity index is 0.000000237. The fraction of sp³-hybridized carbons (Fsp3) is 0.0526. The van der Waals surface area contributed by atoms with Gasteiger partial charge in [0, 0.05) is 34.2 Å². The van der Waals surface area contributed by atoms with Crippen LogP contribution in [0.15, 0.2) is 77.7 Å². The SMILES string of the molecule is CSc1ccc(Oc2ccc([N+](=O)[O-])cc2)cc1.O=[N+]([O-])c1ccc(Cl)cc1. The molecule has 3 rings (SSSR count). The van der Waals surface area contributed by atoms with Crippen LogP contribution in [-0.2, 0) is 0 Å². The minimum Gasteiger partial charge on any atom is -0.457 e. The molecule has 28 heavy (non-hydrogen) atoms. The van der Waals surface area contributed by atoms with Crippen molar-refractivity contribution in [2.24, 2.45) is 0 Å². The molecule has 144 valence electrons. The van der Waals surface area contributed by atoms with Crippen molar-refractivity contribution in [1.29, 1.82) is 0 Å². The first-order valence-corrected chi connectivity index (χ1v) is 9.45. The van der Waals surface area contributed by atoms with Gasteiger partial charge in [-0.3, -0.25) is 20.2 Å². The number of halogens is 1. The predicted molar refractivity (Wildman–Crippen MR) is 109 cm³/mol. The first-order valence-electron chi connectivity index (χ1n) is 7.85. The van der Waals surface area contributed by atoms with E-state index < -0.39 is 9.85 Å². The average molecular weight is 419 g/mol. The Bertz CT molecular complexity index is 932. The van der Waals surface area contributed by atoms with E-state index in [0.717, 1.165) is 4.90 Å². The Morgan fingerprint density at radius 2 is 1.14 bits per heavy atom. The highest BCUT2D eigenvalue weighted by Gasteiger charge is 2.05. The van der Waals surface area contributed by atoms with Gasteiger partial charge in [-0.25, -0.2) is 0 Å². The average Bonchev–Trinajstić information content (AvgIpc) is 2.70. The molecule has 3 aromatic rings. The highest BCUT2D eigenvalue weighted by molar-refractivity contribution is 7.98. The summed E-state index contributed by atoms with van der Waals surface area (Å²) in [4.78, 5) is 20.8. The van der Waals surface area contributed by atoms with Gasteiger partial charge < -0.3 is 4.74 Å². The molecule has 3 aromatic carbocycles. The minimum atomic E-state index is -0.462. The van der Waals surface area contributed by atoms with E-state index in [0.29, 0.717) is 16.5 Å². The topological polar surface area (TPSA) is 95.5 Å². The number of benzene rings is 3. The van der Waals surface area contributed by atoms with Gasteiger partial charge in [0.2, 0.25) is 0 Å². The Hall–Kier alpha value is -3.10. The zero-order valence-electron chi connectivity index (χ0n) is 14.7.